The van der Waals surface area contributed by atoms with Crippen molar-refractivity contribution in [3.63, 3.8) is 0 Å². The van der Waals surface area contributed by atoms with Crippen LogP contribution in [0.2, 0.25) is 0 Å². The van der Waals surface area contributed by atoms with Crippen LogP contribution < -0.4 is 10.1 Å². The maximum absolute atomic E-state index is 5.04. The van der Waals surface area contributed by atoms with Crippen molar-refractivity contribution >= 4 is 0 Å². The van der Waals surface area contributed by atoms with Gasteiger partial charge in [0, 0.05) is 18.5 Å². The van der Waals surface area contributed by atoms with Gasteiger partial charge in [0.2, 0.25) is 5.88 Å². The van der Waals surface area contributed by atoms with Crippen LogP contribution in [0.15, 0.2) is 36.7 Å². The third kappa shape index (κ3) is 3.99. The monoisotopic (exact) mass is 272 g/mol. The first-order chi connectivity index (χ1) is 9.83. The highest BCUT2D eigenvalue weighted by molar-refractivity contribution is 5.18. The van der Waals surface area contributed by atoms with E-state index in [0.717, 1.165) is 25.1 Å². The standard InChI is InChI=1S/C15H20N4O/c1-3-8-17-14(10-12-5-4-9-16-11-12)13-6-7-15(20-2)19-18-13/h4-7,9,11,14,17H,3,8,10H2,1-2H3. The minimum Gasteiger partial charge on any atom is -0.480 e. The van der Waals surface area contributed by atoms with Gasteiger partial charge in [0.05, 0.1) is 18.8 Å². The minimum atomic E-state index is 0.137. The van der Waals surface area contributed by atoms with Crippen molar-refractivity contribution in [2.75, 3.05) is 13.7 Å². The molecule has 0 aromatic carbocycles. The SMILES string of the molecule is CCCNC(Cc1cccnc1)c1ccc(OC)nn1. The second-order valence-electron chi connectivity index (χ2n) is 4.57. The van der Waals surface area contributed by atoms with Crippen molar-refractivity contribution in [2.45, 2.75) is 25.8 Å². The molecule has 1 unspecified atom stereocenters. The molecule has 0 aliphatic heterocycles. The highest BCUT2D eigenvalue weighted by atomic mass is 16.5. The fourth-order valence-electron chi connectivity index (χ4n) is 1.98. The predicted octanol–water partition coefficient (Wildman–Crippen LogP) is 2.16. The zero-order valence-corrected chi connectivity index (χ0v) is 11.9. The van der Waals surface area contributed by atoms with Gasteiger partial charge in [-0.05, 0) is 37.1 Å². The van der Waals surface area contributed by atoms with E-state index in [1.54, 1.807) is 13.3 Å². The summed E-state index contributed by atoms with van der Waals surface area (Å²) >= 11 is 0. The smallest absolute Gasteiger partial charge is 0.233 e. The Morgan fingerprint density at radius 2 is 2.15 bits per heavy atom. The molecule has 2 aromatic rings. The Morgan fingerprint density at radius 1 is 1.25 bits per heavy atom. The summed E-state index contributed by atoms with van der Waals surface area (Å²) in [5, 5.41) is 11.8. The van der Waals surface area contributed by atoms with E-state index in [-0.39, 0.29) is 6.04 Å². The van der Waals surface area contributed by atoms with Gasteiger partial charge in [0.15, 0.2) is 0 Å². The van der Waals surface area contributed by atoms with Gasteiger partial charge in [-0.25, -0.2) is 0 Å². The molecule has 2 heterocycles. The van der Waals surface area contributed by atoms with Gasteiger partial charge in [0.25, 0.3) is 0 Å². The fourth-order valence-corrected chi connectivity index (χ4v) is 1.98. The average molecular weight is 272 g/mol. The Morgan fingerprint density at radius 3 is 2.75 bits per heavy atom. The molecule has 0 amide bonds. The first-order valence-corrected chi connectivity index (χ1v) is 6.83. The van der Waals surface area contributed by atoms with Gasteiger partial charge in [-0.3, -0.25) is 4.98 Å². The minimum absolute atomic E-state index is 0.137. The first kappa shape index (κ1) is 14.4. The molecular formula is C15H20N4O. The van der Waals surface area contributed by atoms with Crippen molar-refractivity contribution in [2.24, 2.45) is 0 Å². The van der Waals surface area contributed by atoms with Crippen molar-refractivity contribution in [3.8, 4) is 5.88 Å². The summed E-state index contributed by atoms with van der Waals surface area (Å²) in [6, 6.07) is 7.95. The highest BCUT2D eigenvalue weighted by Gasteiger charge is 2.14. The zero-order chi connectivity index (χ0) is 14.2. The fraction of sp³-hybridized carbons (Fsp3) is 0.400. The molecule has 0 aliphatic carbocycles. The van der Waals surface area contributed by atoms with E-state index in [9.17, 15) is 0 Å². The Bertz CT molecular complexity index is 501. The van der Waals surface area contributed by atoms with Crippen LogP contribution in [0.5, 0.6) is 5.88 Å². The van der Waals surface area contributed by atoms with Crippen LogP contribution >= 0.6 is 0 Å². The third-order valence-electron chi connectivity index (χ3n) is 3.03. The molecule has 0 saturated heterocycles. The Hall–Kier alpha value is -2.01. The third-order valence-corrected chi connectivity index (χ3v) is 3.03. The van der Waals surface area contributed by atoms with Crippen LogP contribution in [0.1, 0.15) is 30.6 Å². The molecule has 1 N–H and O–H groups in total. The summed E-state index contributed by atoms with van der Waals surface area (Å²) in [5.41, 5.74) is 2.10. The Labute approximate surface area is 119 Å². The van der Waals surface area contributed by atoms with E-state index >= 15 is 0 Å². The van der Waals surface area contributed by atoms with E-state index in [4.69, 9.17) is 4.74 Å². The number of hydrogen-bond donors (Lipinski definition) is 1. The molecule has 2 rings (SSSR count). The van der Waals surface area contributed by atoms with Gasteiger partial charge in [-0.15, -0.1) is 5.10 Å². The number of nitrogens with one attached hydrogen (secondary N) is 1. The lowest BCUT2D eigenvalue weighted by Gasteiger charge is -2.17. The van der Waals surface area contributed by atoms with Crippen LogP contribution in [-0.4, -0.2) is 28.8 Å². The number of hydrogen-bond acceptors (Lipinski definition) is 5. The van der Waals surface area contributed by atoms with Gasteiger partial charge in [-0.1, -0.05) is 13.0 Å². The molecule has 0 aliphatic rings. The van der Waals surface area contributed by atoms with E-state index < -0.39 is 0 Å². The Balaban J connectivity index is 2.13. The number of aromatic nitrogens is 3. The molecule has 2 aromatic heterocycles. The van der Waals surface area contributed by atoms with Crippen LogP contribution in [-0.2, 0) is 6.42 Å². The highest BCUT2D eigenvalue weighted by Crippen LogP contribution is 2.17. The maximum atomic E-state index is 5.04. The van der Waals surface area contributed by atoms with Crippen LogP contribution in [0.3, 0.4) is 0 Å². The zero-order valence-electron chi connectivity index (χ0n) is 11.9. The van der Waals surface area contributed by atoms with E-state index in [1.807, 2.05) is 24.4 Å². The summed E-state index contributed by atoms with van der Waals surface area (Å²) in [5.74, 6) is 0.532. The predicted molar refractivity (Wildman–Crippen MR) is 77.6 cm³/mol. The molecule has 20 heavy (non-hydrogen) atoms. The number of methoxy groups -OCH3 is 1. The molecule has 0 fully saturated rings. The summed E-state index contributed by atoms with van der Waals surface area (Å²) in [7, 11) is 1.59. The largest absolute Gasteiger partial charge is 0.480 e. The lowest BCUT2D eigenvalue weighted by Crippen LogP contribution is -2.25. The van der Waals surface area contributed by atoms with Crippen LogP contribution in [0, 0.1) is 0 Å². The molecule has 106 valence electrons. The molecule has 1 atom stereocenters. The summed E-state index contributed by atoms with van der Waals surface area (Å²) in [6.45, 7) is 3.09. The van der Waals surface area contributed by atoms with E-state index in [2.05, 4.69) is 33.5 Å². The van der Waals surface area contributed by atoms with Crippen LogP contribution in [0.4, 0.5) is 0 Å². The Kier molecular flexibility index (Phi) is 5.43. The molecule has 0 saturated carbocycles. The molecular weight excluding hydrogens is 252 g/mol. The lowest BCUT2D eigenvalue weighted by molar-refractivity contribution is 0.389. The molecule has 0 radical (unpaired) electrons. The van der Waals surface area contributed by atoms with Crippen molar-refractivity contribution in [1.82, 2.24) is 20.5 Å². The number of ether oxygens (including phenoxy) is 1. The summed E-state index contributed by atoms with van der Waals surface area (Å²) < 4.78 is 5.04. The maximum Gasteiger partial charge on any atom is 0.233 e. The lowest BCUT2D eigenvalue weighted by atomic mass is 10.0. The van der Waals surface area contributed by atoms with Crippen molar-refractivity contribution < 1.29 is 4.74 Å². The molecule has 5 nitrogen and oxygen atoms in total. The van der Waals surface area contributed by atoms with Gasteiger partial charge < -0.3 is 10.1 Å². The van der Waals surface area contributed by atoms with Gasteiger partial charge in [-0.2, -0.15) is 5.10 Å². The van der Waals surface area contributed by atoms with Crippen molar-refractivity contribution in [1.29, 1.82) is 0 Å². The first-order valence-electron chi connectivity index (χ1n) is 6.83. The summed E-state index contributed by atoms with van der Waals surface area (Å²) in [4.78, 5) is 4.16. The van der Waals surface area contributed by atoms with E-state index in [0.29, 0.717) is 5.88 Å². The normalized spacial score (nSPS) is 12.1. The average Bonchev–Trinajstić information content (AvgIpc) is 2.52. The number of rotatable bonds is 7. The van der Waals surface area contributed by atoms with Gasteiger partial charge in [0.1, 0.15) is 0 Å². The van der Waals surface area contributed by atoms with Crippen LogP contribution in [0.25, 0.3) is 0 Å². The van der Waals surface area contributed by atoms with Gasteiger partial charge >= 0.3 is 0 Å². The number of nitrogens with zero attached hydrogens (tertiary/aromatic N) is 3. The second kappa shape index (κ2) is 7.55. The number of pyridine rings is 1. The molecule has 5 heteroatoms. The molecule has 0 spiro atoms. The molecule has 0 bridgehead atoms. The van der Waals surface area contributed by atoms with E-state index in [1.165, 1.54) is 5.56 Å². The topological polar surface area (TPSA) is 59.9 Å². The van der Waals surface area contributed by atoms with Crippen molar-refractivity contribution in [3.05, 3.63) is 47.9 Å². The quantitative estimate of drug-likeness (QED) is 0.837. The second-order valence-corrected chi connectivity index (χ2v) is 4.57. The summed E-state index contributed by atoms with van der Waals surface area (Å²) in [6.07, 6.45) is 5.59.